The first-order chi connectivity index (χ1) is 6.97. The molecular formula is C9H10ClNO3S. The van der Waals surface area contributed by atoms with Gasteiger partial charge in [-0.25, -0.2) is 0 Å². The van der Waals surface area contributed by atoms with E-state index in [4.69, 9.17) is 11.6 Å². The van der Waals surface area contributed by atoms with Gasteiger partial charge in [-0.05, 0) is 30.2 Å². The van der Waals surface area contributed by atoms with Gasteiger partial charge >= 0.3 is 0 Å². The van der Waals surface area contributed by atoms with E-state index in [-0.39, 0.29) is 4.90 Å². The maximum Gasteiger partial charge on any atom is 0.297 e. The lowest BCUT2D eigenvalue weighted by Gasteiger charge is -2.02. The first kappa shape index (κ1) is 12.0. The fourth-order valence-electron chi connectivity index (χ4n) is 1.03. The molecule has 0 radical (unpaired) electrons. The summed E-state index contributed by atoms with van der Waals surface area (Å²) in [5.41, 5.74) is 0.613. The fraction of sp³-hybridized carbons (Fsp3) is 0.222. The Hall–Kier alpha value is -1.07. The molecule has 0 unspecified atom stereocenters. The molecule has 0 atom stereocenters. The maximum absolute atomic E-state index is 11.7. The number of ether oxygens (including phenoxy) is 1. The monoisotopic (exact) mass is 247 g/mol. The highest BCUT2D eigenvalue weighted by molar-refractivity contribution is 7.90. The highest BCUT2D eigenvalue weighted by atomic mass is 35.5. The van der Waals surface area contributed by atoms with Crippen molar-refractivity contribution in [2.24, 2.45) is 4.40 Å². The fourth-order valence-corrected chi connectivity index (χ4v) is 2.39. The average molecular weight is 248 g/mol. The third-order valence-electron chi connectivity index (χ3n) is 1.73. The Morgan fingerprint density at radius 2 is 2.00 bits per heavy atom. The van der Waals surface area contributed by atoms with E-state index in [1.54, 1.807) is 25.1 Å². The molecule has 0 aliphatic heterocycles. The number of methoxy groups -OCH3 is 1. The Labute approximate surface area is 93.6 Å². The molecular weight excluding hydrogens is 238 g/mol. The zero-order chi connectivity index (χ0) is 11.5. The van der Waals surface area contributed by atoms with E-state index in [1.807, 2.05) is 0 Å². The summed E-state index contributed by atoms with van der Waals surface area (Å²) in [6, 6.07) is 6.52. The Kier molecular flexibility index (Phi) is 3.71. The second kappa shape index (κ2) is 4.63. The first-order valence-electron chi connectivity index (χ1n) is 4.07. The zero-order valence-corrected chi connectivity index (χ0v) is 9.84. The van der Waals surface area contributed by atoms with Crippen molar-refractivity contribution in [3.63, 3.8) is 0 Å². The summed E-state index contributed by atoms with van der Waals surface area (Å²) in [4.78, 5) is 0.125. The lowest BCUT2D eigenvalue weighted by Crippen LogP contribution is -2.03. The second-order valence-electron chi connectivity index (χ2n) is 2.79. The number of rotatable bonds is 2. The third-order valence-corrected chi connectivity index (χ3v) is 3.49. The van der Waals surface area contributed by atoms with Crippen LogP contribution in [0.4, 0.5) is 0 Å². The lowest BCUT2D eigenvalue weighted by molar-refractivity contribution is 0.415. The SMILES string of the molecule is CO/C(Cl)=N/S(=O)(=O)c1ccccc1C. The summed E-state index contributed by atoms with van der Waals surface area (Å²) >= 11 is 5.40. The minimum absolute atomic E-state index is 0.125. The van der Waals surface area contributed by atoms with Crippen molar-refractivity contribution >= 4 is 27.0 Å². The summed E-state index contributed by atoms with van der Waals surface area (Å²) in [5, 5.41) is -0.404. The molecule has 0 aliphatic rings. The van der Waals surface area contributed by atoms with Gasteiger partial charge in [0.1, 0.15) is 0 Å². The van der Waals surface area contributed by atoms with Crippen LogP contribution in [-0.4, -0.2) is 20.9 Å². The number of benzene rings is 1. The van der Waals surface area contributed by atoms with Crippen molar-refractivity contribution in [3.05, 3.63) is 29.8 Å². The standard InChI is InChI=1S/C9H10ClNO3S/c1-7-5-3-4-6-8(7)15(12,13)11-9(10)14-2/h3-6H,1-2H3/b11-9+. The molecule has 0 fully saturated rings. The van der Waals surface area contributed by atoms with Gasteiger partial charge in [-0.15, -0.1) is 4.40 Å². The Morgan fingerprint density at radius 3 is 2.53 bits per heavy atom. The van der Waals surface area contributed by atoms with Crippen molar-refractivity contribution in [2.45, 2.75) is 11.8 Å². The van der Waals surface area contributed by atoms with E-state index < -0.39 is 15.4 Å². The highest BCUT2D eigenvalue weighted by Crippen LogP contribution is 2.17. The molecule has 0 aromatic heterocycles. The predicted octanol–water partition coefficient (Wildman–Crippen LogP) is 1.92. The van der Waals surface area contributed by atoms with E-state index in [1.165, 1.54) is 13.2 Å². The molecule has 82 valence electrons. The lowest BCUT2D eigenvalue weighted by atomic mass is 10.2. The van der Waals surface area contributed by atoms with Crippen molar-refractivity contribution < 1.29 is 13.2 Å². The Bertz CT molecular complexity index is 482. The zero-order valence-electron chi connectivity index (χ0n) is 8.27. The Morgan fingerprint density at radius 1 is 1.40 bits per heavy atom. The largest absolute Gasteiger partial charge is 0.472 e. The number of nitrogens with zero attached hydrogens (tertiary/aromatic N) is 1. The molecule has 0 amide bonds. The van der Waals surface area contributed by atoms with Crippen LogP contribution in [0.25, 0.3) is 0 Å². The third kappa shape index (κ3) is 2.94. The summed E-state index contributed by atoms with van der Waals surface area (Å²) in [5.74, 6) is 0. The average Bonchev–Trinajstić information content (AvgIpc) is 2.17. The first-order valence-corrected chi connectivity index (χ1v) is 5.89. The van der Waals surface area contributed by atoms with Crippen LogP contribution in [0.15, 0.2) is 33.6 Å². The molecule has 0 bridgehead atoms. The molecule has 6 heteroatoms. The molecule has 0 spiro atoms. The highest BCUT2D eigenvalue weighted by Gasteiger charge is 2.16. The van der Waals surface area contributed by atoms with Crippen molar-refractivity contribution in [3.8, 4) is 0 Å². The molecule has 4 nitrogen and oxygen atoms in total. The second-order valence-corrected chi connectivity index (χ2v) is 4.68. The van der Waals surface area contributed by atoms with E-state index >= 15 is 0 Å². The van der Waals surface area contributed by atoms with E-state index in [9.17, 15) is 8.42 Å². The van der Waals surface area contributed by atoms with Crippen molar-refractivity contribution in [1.82, 2.24) is 0 Å². The minimum atomic E-state index is -3.77. The molecule has 0 saturated carbocycles. The van der Waals surface area contributed by atoms with Crippen LogP contribution >= 0.6 is 11.6 Å². The van der Waals surface area contributed by atoms with Crippen LogP contribution in [0, 0.1) is 6.92 Å². The van der Waals surface area contributed by atoms with Crippen LogP contribution < -0.4 is 0 Å². The summed E-state index contributed by atoms with van der Waals surface area (Å²) < 4.78 is 31.1. The van der Waals surface area contributed by atoms with Gasteiger partial charge in [-0.2, -0.15) is 8.42 Å². The van der Waals surface area contributed by atoms with Gasteiger partial charge in [0.2, 0.25) is 0 Å². The van der Waals surface area contributed by atoms with Crippen LogP contribution in [0.2, 0.25) is 0 Å². The molecule has 1 rings (SSSR count). The van der Waals surface area contributed by atoms with E-state index in [0.29, 0.717) is 5.56 Å². The Balaban J connectivity index is 3.25. The van der Waals surface area contributed by atoms with Gasteiger partial charge in [0, 0.05) is 0 Å². The topological polar surface area (TPSA) is 55.7 Å². The van der Waals surface area contributed by atoms with Gasteiger partial charge in [-0.1, -0.05) is 18.2 Å². The number of aryl methyl sites for hydroxylation is 1. The van der Waals surface area contributed by atoms with Crippen LogP contribution in [-0.2, 0) is 14.8 Å². The molecule has 15 heavy (non-hydrogen) atoms. The van der Waals surface area contributed by atoms with Crippen LogP contribution in [0.3, 0.4) is 0 Å². The summed E-state index contributed by atoms with van der Waals surface area (Å²) in [6.07, 6.45) is 0. The van der Waals surface area contributed by atoms with Crippen LogP contribution in [0.5, 0.6) is 0 Å². The minimum Gasteiger partial charge on any atom is -0.472 e. The normalized spacial score (nSPS) is 12.6. The van der Waals surface area contributed by atoms with Gasteiger partial charge in [0.15, 0.2) is 0 Å². The van der Waals surface area contributed by atoms with Gasteiger partial charge in [0.25, 0.3) is 15.4 Å². The smallest absolute Gasteiger partial charge is 0.297 e. The summed E-state index contributed by atoms with van der Waals surface area (Å²) in [7, 11) is -2.52. The number of halogens is 1. The van der Waals surface area contributed by atoms with Crippen molar-refractivity contribution in [2.75, 3.05) is 7.11 Å². The number of hydrogen-bond donors (Lipinski definition) is 0. The van der Waals surface area contributed by atoms with E-state index in [2.05, 4.69) is 9.13 Å². The molecule has 0 aliphatic carbocycles. The van der Waals surface area contributed by atoms with Crippen LogP contribution in [0.1, 0.15) is 5.56 Å². The quantitative estimate of drug-likeness (QED) is 0.593. The van der Waals surface area contributed by atoms with Gasteiger partial charge < -0.3 is 4.74 Å². The van der Waals surface area contributed by atoms with Gasteiger partial charge in [0.05, 0.1) is 12.0 Å². The molecule has 0 saturated heterocycles. The van der Waals surface area contributed by atoms with Crippen molar-refractivity contribution in [1.29, 1.82) is 0 Å². The van der Waals surface area contributed by atoms with Gasteiger partial charge in [-0.3, -0.25) is 0 Å². The predicted molar refractivity (Wildman–Crippen MR) is 58.7 cm³/mol. The number of sulfonamides is 1. The van der Waals surface area contributed by atoms with E-state index in [0.717, 1.165) is 0 Å². The summed E-state index contributed by atoms with van der Waals surface area (Å²) in [6.45, 7) is 1.68. The molecule has 1 aromatic carbocycles. The molecule has 0 N–H and O–H groups in total. The number of hydrogen-bond acceptors (Lipinski definition) is 3. The maximum atomic E-state index is 11.7. The molecule has 1 aromatic rings. The molecule has 0 heterocycles.